The van der Waals surface area contributed by atoms with E-state index in [9.17, 15) is 9.59 Å². The third kappa shape index (κ3) is 5.03. The lowest BCUT2D eigenvalue weighted by atomic mass is 9.83. The van der Waals surface area contributed by atoms with Gasteiger partial charge >= 0.3 is 6.09 Å². The van der Waals surface area contributed by atoms with Crippen LogP contribution in [0.15, 0.2) is 0 Å². The number of nitrogens with zero attached hydrogens (tertiary/aromatic N) is 1. The van der Waals surface area contributed by atoms with E-state index in [2.05, 4.69) is 5.32 Å². The Kier molecular flexibility index (Phi) is 7.05. The van der Waals surface area contributed by atoms with Gasteiger partial charge in [0.15, 0.2) is 0 Å². The summed E-state index contributed by atoms with van der Waals surface area (Å²) in [6.07, 6.45) is 6.17. The molecule has 0 aromatic carbocycles. The molecule has 2 aliphatic heterocycles. The van der Waals surface area contributed by atoms with Gasteiger partial charge in [0.2, 0.25) is 5.91 Å². The summed E-state index contributed by atoms with van der Waals surface area (Å²) in [7, 11) is 0. The van der Waals surface area contributed by atoms with Gasteiger partial charge in [-0.15, -0.1) is 23.5 Å². The number of hydrogen-bond acceptors (Lipinski definition) is 5. The van der Waals surface area contributed by atoms with Gasteiger partial charge in [-0.2, -0.15) is 0 Å². The molecule has 1 aliphatic carbocycles. The normalized spacial score (nSPS) is 24.2. The summed E-state index contributed by atoms with van der Waals surface area (Å²) in [5.41, 5.74) is 0. The summed E-state index contributed by atoms with van der Waals surface area (Å²) in [6, 6.07) is -0.429. The molecular formula is C19H32N2O3S2. The van der Waals surface area contributed by atoms with Crippen molar-refractivity contribution in [2.75, 3.05) is 31.2 Å². The number of hydrogen-bond donors (Lipinski definition) is 1. The molecule has 7 heteroatoms. The number of amides is 2. The molecule has 1 N–H and O–H groups in total. The van der Waals surface area contributed by atoms with Crippen molar-refractivity contribution in [3.63, 3.8) is 0 Å². The van der Waals surface area contributed by atoms with E-state index in [0.717, 1.165) is 45.2 Å². The van der Waals surface area contributed by atoms with Crippen molar-refractivity contribution in [2.24, 2.45) is 11.8 Å². The second-order valence-electron chi connectivity index (χ2n) is 8.13. The van der Waals surface area contributed by atoms with Crippen molar-refractivity contribution in [1.29, 1.82) is 0 Å². The Morgan fingerprint density at radius 3 is 2.54 bits per heavy atom. The van der Waals surface area contributed by atoms with Crippen LogP contribution in [-0.4, -0.2) is 58.2 Å². The van der Waals surface area contributed by atoms with Crippen LogP contribution < -0.4 is 5.32 Å². The zero-order valence-corrected chi connectivity index (χ0v) is 17.6. The van der Waals surface area contributed by atoms with Gasteiger partial charge in [-0.3, -0.25) is 4.79 Å². The number of carbonyl (C=O) groups is 2. The SMILES string of the molecule is CC(C)COC(=O)NC(C(=O)N1CCC2(C1)SCCS2)C1CCCCC1. The number of ether oxygens (including phenoxy) is 1. The molecule has 1 atom stereocenters. The average molecular weight is 401 g/mol. The van der Waals surface area contributed by atoms with Gasteiger partial charge < -0.3 is 15.0 Å². The van der Waals surface area contributed by atoms with E-state index in [0.29, 0.717) is 12.5 Å². The molecular weight excluding hydrogens is 368 g/mol. The van der Waals surface area contributed by atoms with Crippen LogP contribution in [0, 0.1) is 11.8 Å². The maximum atomic E-state index is 13.3. The van der Waals surface area contributed by atoms with Crippen LogP contribution in [0.3, 0.4) is 0 Å². The molecule has 2 saturated heterocycles. The molecule has 0 aromatic heterocycles. The Labute approximate surface area is 165 Å². The fraction of sp³-hybridized carbons (Fsp3) is 0.895. The van der Waals surface area contributed by atoms with Gasteiger partial charge in [-0.1, -0.05) is 33.1 Å². The van der Waals surface area contributed by atoms with Gasteiger partial charge in [0.1, 0.15) is 6.04 Å². The summed E-state index contributed by atoms with van der Waals surface area (Å²) < 4.78 is 5.50. The second kappa shape index (κ2) is 9.09. The van der Waals surface area contributed by atoms with Gasteiger partial charge in [0.05, 0.1) is 10.7 Å². The first kappa shape index (κ1) is 20.2. The molecule has 148 valence electrons. The number of likely N-dealkylation sites (tertiary alicyclic amines) is 1. The van der Waals surface area contributed by atoms with Gasteiger partial charge in [-0.25, -0.2) is 4.79 Å². The molecule has 2 amide bonds. The molecule has 1 unspecified atom stereocenters. The molecule has 2 heterocycles. The lowest BCUT2D eigenvalue weighted by Gasteiger charge is -2.33. The highest BCUT2D eigenvalue weighted by Gasteiger charge is 2.45. The molecule has 3 rings (SSSR count). The van der Waals surface area contributed by atoms with E-state index in [1.54, 1.807) is 0 Å². The van der Waals surface area contributed by atoms with Crippen molar-refractivity contribution in [3.05, 3.63) is 0 Å². The zero-order chi connectivity index (χ0) is 18.6. The summed E-state index contributed by atoms with van der Waals surface area (Å²) in [4.78, 5) is 27.5. The summed E-state index contributed by atoms with van der Waals surface area (Å²) in [5.74, 6) is 2.99. The Balaban J connectivity index is 1.64. The topological polar surface area (TPSA) is 58.6 Å². The minimum Gasteiger partial charge on any atom is -0.449 e. The zero-order valence-electron chi connectivity index (χ0n) is 16.0. The first-order valence-electron chi connectivity index (χ1n) is 9.99. The highest BCUT2D eigenvalue weighted by molar-refractivity contribution is 8.21. The first-order chi connectivity index (χ1) is 12.5. The predicted octanol–water partition coefficient (Wildman–Crippen LogP) is 3.73. The van der Waals surface area contributed by atoms with Gasteiger partial charge in [0.25, 0.3) is 0 Å². The average Bonchev–Trinajstić information content (AvgIpc) is 3.28. The maximum absolute atomic E-state index is 13.3. The third-order valence-electron chi connectivity index (χ3n) is 5.53. The smallest absolute Gasteiger partial charge is 0.407 e. The van der Waals surface area contributed by atoms with E-state index in [4.69, 9.17) is 4.74 Å². The molecule has 3 fully saturated rings. The van der Waals surface area contributed by atoms with Crippen LogP contribution in [0.4, 0.5) is 4.79 Å². The van der Waals surface area contributed by atoms with E-state index in [1.807, 2.05) is 42.3 Å². The Bertz CT molecular complexity index is 503. The minimum atomic E-state index is -0.443. The summed E-state index contributed by atoms with van der Waals surface area (Å²) in [6.45, 7) is 6.03. The van der Waals surface area contributed by atoms with Crippen LogP contribution in [-0.2, 0) is 9.53 Å². The maximum Gasteiger partial charge on any atom is 0.407 e. The molecule has 5 nitrogen and oxygen atoms in total. The van der Waals surface area contributed by atoms with Gasteiger partial charge in [-0.05, 0) is 31.1 Å². The van der Waals surface area contributed by atoms with Crippen molar-refractivity contribution in [2.45, 2.75) is 62.5 Å². The fourth-order valence-corrected chi connectivity index (χ4v) is 7.34. The number of thioether (sulfide) groups is 2. The fourth-order valence-electron chi connectivity index (χ4n) is 4.13. The lowest BCUT2D eigenvalue weighted by molar-refractivity contribution is -0.134. The molecule has 1 spiro atoms. The Morgan fingerprint density at radius 2 is 1.88 bits per heavy atom. The highest BCUT2D eigenvalue weighted by Crippen LogP contribution is 2.50. The largest absolute Gasteiger partial charge is 0.449 e. The summed E-state index contributed by atoms with van der Waals surface area (Å²) >= 11 is 4.01. The van der Waals surface area contributed by atoms with Gasteiger partial charge in [0, 0.05) is 24.6 Å². The number of nitrogens with one attached hydrogen (secondary N) is 1. The van der Waals surface area contributed by atoms with Crippen LogP contribution in [0.1, 0.15) is 52.4 Å². The molecule has 26 heavy (non-hydrogen) atoms. The minimum absolute atomic E-state index is 0.100. The van der Waals surface area contributed by atoms with E-state index in [-0.39, 0.29) is 15.9 Å². The quantitative estimate of drug-likeness (QED) is 0.762. The van der Waals surface area contributed by atoms with E-state index in [1.165, 1.54) is 17.9 Å². The van der Waals surface area contributed by atoms with Crippen molar-refractivity contribution in [1.82, 2.24) is 10.2 Å². The molecule has 0 radical (unpaired) electrons. The second-order valence-corrected chi connectivity index (χ2v) is 11.3. The van der Waals surface area contributed by atoms with E-state index >= 15 is 0 Å². The summed E-state index contributed by atoms with van der Waals surface area (Å²) in [5, 5.41) is 2.93. The van der Waals surface area contributed by atoms with Crippen LogP contribution in [0.25, 0.3) is 0 Å². The Morgan fingerprint density at radius 1 is 1.19 bits per heavy atom. The lowest BCUT2D eigenvalue weighted by Crippen LogP contribution is -2.52. The number of carbonyl (C=O) groups excluding carboxylic acids is 2. The molecule has 3 aliphatic rings. The Hall–Kier alpha value is -0.560. The molecule has 1 saturated carbocycles. The monoisotopic (exact) mass is 400 g/mol. The van der Waals surface area contributed by atoms with Crippen LogP contribution in [0.2, 0.25) is 0 Å². The van der Waals surface area contributed by atoms with E-state index < -0.39 is 12.1 Å². The number of alkyl carbamates (subject to hydrolysis) is 1. The standard InChI is InChI=1S/C19H32N2O3S2/c1-14(2)12-24-18(23)20-16(15-6-4-3-5-7-15)17(22)21-9-8-19(13-21)25-10-11-26-19/h14-16H,3-13H2,1-2H3,(H,20,23). The van der Waals surface area contributed by atoms with Crippen LogP contribution in [0.5, 0.6) is 0 Å². The highest BCUT2D eigenvalue weighted by atomic mass is 32.2. The van der Waals surface area contributed by atoms with Crippen molar-refractivity contribution < 1.29 is 14.3 Å². The predicted molar refractivity (Wildman–Crippen MR) is 109 cm³/mol. The third-order valence-corrected chi connectivity index (χ3v) is 9.03. The molecule has 0 aromatic rings. The van der Waals surface area contributed by atoms with Crippen molar-refractivity contribution in [3.8, 4) is 0 Å². The molecule has 0 bridgehead atoms. The van der Waals surface area contributed by atoms with Crippen molar-refractivity contribution >= 4 is 35.5 Å². The number of rotatable bonds is 5. The van der Waals surface area contributed by atoms with Crippen LogP contribution >= 0.6 is 23.5 Å². The first-order valence-corrected chi connectivity index (χ1v) is 12.0.